The van der Waals surface area contributed by atoms with Crippen LogP contribution in [0.3, 0.4) is 0 Å². The Hall–Kier alpha value is -1.76. The quantitative estimate of drug-likeness (QED) is 0.723. The summed E-state index contributed by atoms with van der Waals surface area (Å²) in [7, 11) is 6.05. The normalized spacial score (nSPS) is 18.1. The maximum Gasteiger partial charge on any atom is 0.153 e. The van der Waals surface area contributed by atoms with Crippen molar-refractivity contribution in [2.45, 2.75) is 38.9 Å². The van der Waals surface area contributed by atoms with Crippen LogP contribution in [0.2, 0.25) is 0 Å². The van der Waals surface area contributed by atoms with Crippen LogP contribution in [0.5, 0.6) is 0 Å². The largest absolute Gasteiger partial charge is 0.384 e. The van der Waals surface area contributed by atoms with Crippen molar-refractivity contribution in [2.75, 3.05) is 40.9 Å². The van der Waals surface area contributed by atoms with Crippen LogP contribution in [-0.2, 0) is 24.2 Å². The summed E-state index contributed by atoms with van der Waals surface area (Å²) < 4.78 is 7.27. The van der Waals surface area contributed by atoms with Gasteiger partial charge in [0.25, 0.3) is 0 Å². The first kappa shape index (κ1) is 19.0. The van der Waals surface area contributed by atoms with Crippen LogP contribution in [0, 0.1) is 6.92 Å². The maximum absolute atomic E-state index is 5.20. The molecule has 26 heavy (non-hydrogen) atoms. The summed E-state index contributed by atoms with van der Waals surface area (Å²) in [6, 6.07) is 9.25. The molecule has 1 aromatic heterocycles. The molecule has 1 aliphatic heterocycles. The molecule has 0 N–H and O–H groups in total. The van der Waals surface area contributed by atoms with E-state index in [4.69, 9.17) is 14.8 Å². The van der Waals surface area contributed by atoms with Crippen LogP contribution in [-0.4, -0.2) is 71.5 Å². The number of likely N-dealkylation sites (tertiary alicyclic amines) is 1. The fraction of sp³-hybridized carbons (Fsp3) is 0.600. The molecule has 2 aromatic rings. The molecule has 1 aromatic carbocycles. The van der Waals surface area contributed by atoms with Gasteiger partial charge in [-0.05, 0) is 33.0 Å². The topological polar surface area (TPSA) is 46.4 Å². The van der Waals surface area contributed by atoms with Crippen molar-refractivity contribution in [3.8, 4) is 0 Å². The van der Waals surface area contributed by atoms with Crippen molar-refractivity contribution in [1.29, 1.82) is 0 Å². The van der Waals surface area contributed by atoms with E-state index in [2.05, 4.69) is 59.8 Å². The molecule has 2 heterocycles. The zero-order valence-corrected chi connectivity index (χ0v) is 16.5. The van der Waals surface area contributed by atoms with Crippen LogP contribution >= 0.6 is 0 Å². The SMILES string of the molecule is COCCc1nc(CN2CC[C@H](N(C)C)C2)n(Cc2cccc(C)c2)n1. The Kier molecular flexibility index (Phi) is 6.40. The van der Waals surface area contributed by atoms with E-state index in [0.29, 0.717) is 12.6 Å². The lowest BCUT2D eigenvalue weighted by atomic mass is 10.1. The molecule has 0 bridgehead atoms. The van der Waals surface area contributed by atoms with Crippen LogP contribution in [0.25, 0.3) is 0 Å². The predicted molar refractivity (Wildman–Crippen MR) is 103 cm³/mol. The van der Waals surface area contributed by atoms with E-state index in [9.17, 15) is 0 Å². The average molecular weight is 358 g/mol. The Balaban J connectivity index is 1.75. The lowest BCUT2D eigenvalue weighted by Crippen LogP contribution is -2.31. The van der Waals surface area contributed by atoms with Gasteiger partial charge in [-0.25, -0.2) is 9.67 Å². The van der Waals surface area contributed by atoms with Crippen molar-refractivity contribution in [3.63, 3.8) is 0 Å². The van der Waals surface area contributed by atoms with E-state index in [1.54, 1.807) is 7.11 Å². The molecule has 1 atom stereocenters. The second-order valence-corrected chi connectivity index (χ2v) is 7.47. The molecule has 0 unspecified atom stereocenters. The number of hydrogen-bond acceptors (Lipinski definition) is 5. The highest BCUT2D eigenvalue weighted by Gasteiger charge is 2.25. The fourth-order valence-electron chi connectivity index (χ4n) is 3.53. The Morgan fingerprint density at radius 1 is 1.27 bits per heavy atom. The fourth-order valence-corrected chi connectivity index (χ4v) is 3.53. The van der Waals surface area contributed by atoms with Crippen molar-refractivity contribution in [1.82, 2.24) is 24.6 Å². The lowest BCUT2D eigenvalue weighted by molar-refractivity contribution is 0.200. The molecule has 0 aliphatic carbocycles. The minimum atomic E-state index is 0.635. The molecule has 3 rings (SSSR count). The number of ether oxygens (including phenoxy) is 1. The van der Waals surface area contributed by atoms with E-state index >= 15 is 0 Å². The Labute approximate surface area is 156 Å². The standard InChI is InChI=1S/C20H31N5O/c1-16-6-5-7-17(12-16)13-25-20(21-19(22-25)9-11-26-4)15-24-10-8-18(14-24)23(2)3/h5-7,12,18H,8-11,13-15H2,1-4H3/t18-/m0/s1. The smallest absolute Gasteiger partial charge is 0.153 e. The third kappa shape index (κ3) is 4.90. The van der Waals surface area contributed by atoms with Crippen molar-refractivity contribution >= 4 is 0 Å². The zero-order chi connectivity index (χ0) is 18.5. The van der Waals surface area contributed by atoms with Gasteiger partial charge in [-0.2, -0.15) is 5.10 Å². The van der Waals surface area contributed by atoms with E-state index in [1.807, 2.05) is 0 Å². The number of methoxy groups -OCH3 is 1. The number of benzene rings is 1. The number of hydrogen-bond donors (Lipinski definition) is 0. The summed E-state index contributed by atoms with van der Waals surface area (Å²) in [6.07, 6.45) is 1.97. The van der Waals surface area contributed by atoms with E-state index < -0.39 is 0 Å². The van der Waals surface area contributed by atoms with Gasteiger partial charge in [-0.3, -0.25) is 4.90 Å². The zero-order valence-electron chi connectivity index (χ0n) is 16.5. The van der Waals surface area contributed by atoms with Crippen LogP contribution < -0.4 is 0 Å². The third-order valence-corrected chi connectivity index (χ3v) is 5.08. The molecule has 1 saturated heterocycles. The van der Waals surface area contributed by atoms with E-state index in [0.717, 1.165) is 44.2 Å². The van der Waals surface area contributed by atoms with Gasteiger partial charge in [-0.15, -0.1) is 0 Å². The second kappa shape index (κ2) is 8.75. The molecular weight excluding hydrogens is 326 g/mol. The third-order valence-electron chi connectivity index (χ3n) is 5.08. The number of rotatable bonds is 8. The number of aromatic nitrogens is 3. The van der Waals surface area contributed by atoms with Gasteiger partial charge in [0.15, 0.2) is 5.82 Å². The minimum Gasteiger partial charge on any atom is -0.384 e. The van der Waals surface area contributed by atoms with Crippen molar-refractivity contribution < 1.29 is 4.74 Å². The maximum atomic E-state index is 5.20. The minimum absolute atomic E-state index is 0.635. The summed E-state index contributed by atoms with van der Waals surface area (Å²) in [5, 5.41) is 4.76. The molecule has 1 fully saturated rings. The Morgan fingerprint density at radius 2 is 2.12 bits per heavy atom. The van der Waals surface area contributed by atoms with Crippen LogP contribution in [0.1, 0.15) is 29.2 Å². The molecule has 142 valence electrons. The predicted octanol–water partition coefficient (Wildman–Crippen LogP) is 1.96. The Bertz CT molecular complexity index is 712. The number of likely N-dealkylation sites (N-methyl/N-ethyl adjacent to an activating group) is 1. The average Bonchev–Trinajstić information content (AvgIpc) is 3.21. The van der Waals surface area contributed by atoms with Gasteiger partial charge in [0.2, 0.25) is 0 Å². The van der Waals surface area contributed by atoms with Gasteiger partial charge < -0.3 is 9.64 Å². The van der Waals surface area contributed by atoms with Gasteiger partial charge >= 0.3 is 0 Å². The first-order chi connectivity index (χ1) is 12.5. The Morgan fingerprint density at radius 3 is 2.81 bits per heavy atom. The molecular formula is C20H31N5O. The van der Waals surface area contributed by atoms with Gasteiger partial charge in [0.1, 0.15) is 5.82 Å². The first-order valence-corrected chi connectivity index (χ1v) is 9.41. The summed E-state index contributed by atoms with van der Waals surface area (Å²) in [5.41, 5.74) is 2.54. The molecule has 0 radical (unpaired) electrons. The molecule has 0 saturated carbocycles. The highest BCUT2D eigenvalue weighted by molar-refractivity contribution is 5.22. The van der Waals surface area contributed by atoms with Crippen molar-refractivity contribution in [2.24, 2.45) is 0 Å². The highest BCUT2D eigenvalue weighted by Crippen LogP contribution is 2.17. The summed E-state index contributed by atoms with van der Waals surface area (Å²) >= 11 is 0. The highest BCUT2D eigenvalue weighted by atomic mass is 16.5. The summed E-state index contributed by atoms with van der Waals surface area (Å²) in [5.74, 6) is 1.93. The summed E-state index contributed by atoms with van der Waals surface area (Å²) in [4.78, 5) is 9.62. The molecule has 0 spiro atoms. The van der Waals surface area contributed by atoms with E-state index in [-0.39, 0.29) is 0 Å². The molecule has 1 aliphatic rings. The van der Waals surface area contributed by atoms with Gasteiger partial charge in [0.05, 0.1) is 19.7 Å². The molecule has 6 heteroatoms. The summed E-state index contributed by atoms with van der Waals surface area (Å²) in [6.45, 7) is 6.62. The lowest BCUT2D eigenvalue weighted by Gasteiger charge is -2.20. The van der Waals surface area contributed by atoms with Crippen molar-refractivity contribution in [3.05, 3.63) is 47.0 Å². The van der Waals surface area contributed by atoms with E-state index in [1.165, 1.54) is 17.5 Å². The second-order valence-electron chi connectivity index (χ2n) is 7.47. The number of aryl methyl sites for hydroxylation is 1. The van der Waals surface area contributed by atoms with Gasteiger partial charge in [-0.1, -0.05) is 29.8 Å². The first-order valence-electron chi connectivity index (χ1n) is 9.41. The van der Waals surface area contributed by atoms with Gasteiger partial charge in [0, 0.05) is 32.7 Å². The monoisotopic (exact) mass is 357 g/mol. The van der Waals surface area contributed by atoms with Crippen LogP contribution in [0.15, 0.2) is 24.3 Å². The molecule has 0 amide bonds. The van der Waals surface area contributed by atoms with Crippen LogP contribution in [0.4, 0.5) is 0 Å². The number of nitrogens with zero attached hydrogens (tertiary/aromatic N) is 5. The molecule has 6 nitrogen and oxygen atoms in total.